The van der Waals surface area contributed by atoms with Gasteiger partial charge in [-0.25, -0.2) is 0 Å². The number of rotatable bonds is 2. The van der Waals surface area contributed by atoms with Gasteiger partial charge in [0.05, 0.1) is 6.54 Å². The zero-order valence-corrected chi connectivity index (χ0v) is 8.63. The van der Waals surface area contributed by atoms with Gasteiger partial charge in [-0.2, -0.15) is 0 Å². The van der Waals surface area contributed by atoms with E-state index in [2.05, 4.69) is 30.1 Å². The van der Waals surface area contributed by atoms with Crippen molar-refractivity contribution >= 4 is 5.91 Å². The highest BCUT2D eigenvalue weighted by Gasteiger charge is 2.16. The Labute approximate surface area is 79.8 Å². The Bertz CT molecular complexity index is 223. The summed E-state index contributed by atoms with van der Waals surface area (Å²) in [5.74, 6) is 0.667. The molecule has 0 spiro atoms. The van der Waals surface area contributed by atoms with Crippen molar-refractivity contribution < 1.29 is 4.79 Å². The van der Waals surface area contributed by atoms with Gasteiger partial charge in [0.15, 0.2) is 0 Å². The van der Waals surface area contributed by atoms with Crippen LogP contribution < -0.4 is 5.32 Å². The number of hydrogen-bond acceptors (Lipinski definition) is 2. The molecule has 74 valence electrons. The summed E-state index contributed by atoms with van der Waals surface area (Å²) in [6.07, 6.45) is 2.28. The van der Waals surface area contributed by atoms with E-state index in [1.807, 2.05) is 0 Å². The molecule has 0 bridgehead atoms. The fraction of sp³-hybridized carbons (Fsp3) is 0.700. The Morgan fingerprint density at radius 3 is 3.00 bits per heavy atom. The summed E-state index contributed by atoms with van der Waals surface area (Å²) in [5.41, 5.74) is 1.36. The van der Waals surface area contributed by atoms with Gasteiger partial charge >= 0.3 is 0 Å². The molecule has 13 heavy (non-hydrogen) atoms. The van der Waals surface area contributed by atoms with E-state index in [9.17, 15) is 4.79 Å². The van der Waals surface area contributed by atoms with Gasteiger partial charge < -0.3 is 5.32 Å². The molecule has 3 nitrogen and oxygen atoms in total. The Kier molecular flexibility index (Phi) is 3.48. The number of amides is 1. The molecule has 1 atom stereocenters. The van der Waals surface area contributed by atoms with E-state index in [1.54, 1.807) is 7.05 Å². The third-order valence-electron chi connectivity index (χ3n) is 2.23. The van der Waals surface area contributed by atoms with Crippen LogP contribution in [0, 0.1) is 5.92 Å². The molecular formula is C10H18N2O. The molecule has 1 N–H and O–H groups in total. The molecule has 1 unspecified atom stereocenters. The first-order chi connectivity index (χ1) is 6.11. The molecule has 1 aliphatic heterocycles. The van der Waals surface area contributed by atoms with E-state index in [-0.39, 0.29) is 5.91 Å². The van der Waals surface area contributed by atoms with Crippen LogP contribution in [0.1, 0.15) is 13.8 Å². The van der Waals surface area contributed by atoms with Crippen molar-refractivity contribution in [2.75, 3.05) is 26.7 Å². The summed E-state index contributed by atoms with van der Waals surface area (Å²) >= 11 is 0. The van der Waals surface area contributed by atoms with Gasteiger partial charge in [-0.15, -0.1) is 0 Å². The van der Waals surface area contributed by atoms with Crippen LogP contribution in [0.15, 0.2) is 11.6 Å². The van der Waals surface area contributed by atoms with Crippen LogP contribution in [-0.4, -0.2) is 37.5 Å². The second-order valence-electron chi connectivity index (χ2n) is 3.83. The van der Waals surface area contributed by atoms with Crippen LogP contribution in [0.2, 0.25) is 0 Å². The highest BCUT2D eigenvalue weighted by Crippen LogP contribution is 2.13. The maximum atomic E-state index is 11.1. The zero-order chi connectivity index (χ0) is 9.84. The third-order valence-corrected chi connectivity index (χ3v) is 2.23. The summed E-state index contributed by atoms with van der Waals surface area (Å²) in [5, 5.41) is 2.64. The summed E-state index contributed by atoms with van der Waals surface area (Å²) in [7, 11) is 1.68. The molecule has 1 rings (SSSR count). The fourth-order valence-corrected chi connectivity index (χ4v) is 1.82. The van der Waals surface area contributed by atoms with Gasteiger partial charge in [0.2, 0.25) is 5.91 Å². The van der Waals surface area contributed by atoms with Crippen molar-refractivity contribution in [3.05, 3.63) is 11.6 Å². The highest BCUT2D eigenvalue weighted by molar-refractivity contribution is 5.77. The number of likely N-dealkylation sites (N-methyl/N-ethyl adjacent to an activating group) is 1. The van der Waals surface area contributed by atoms with E-state index in [4.69, 9.17) is 0 Å². The van der Waals surface area contributed by atoms with Crippen LogP contribution in [0.5, 0.6) is 0 Å². The van der Waals surface area contributed by atoms with E-state index < -0.39 is 0 Å². The predicted molar refractivity (Wildman–Crippen MR) is 53.4 cm³/mol. The molecule has 0 fully saturated rings. The molecular weight excluding hydrogens is 164 g/mol. The molecule has 1 heterocycles. The largest absolute Gasteiger partial charge is 0.358 e. The van der Waals surface area contributed by atoms with Gasteiger partial charge in [0.1, 0.15) is 0 Å². The standard InChI is InChI=1S/C10H18N2O/c1-8-4-9(2)6-12(5-8)7-10(13)11-3/h4,8H,5-7H2,1-3H3,(H,11,13). The zero-order valence-electron chi connectivity index (χ0n) is 8.63. The maximum absolute atomic E-state index is 11.1. The van der Waals surface area contributed by atoms with E-state index in [1.165, 1.54) is 5.57 Å². The van der Waals surface area contributed by atoms with Gasteiger partial charge in [-0.05, 0) is 12.8 Å². The third kappa shape index (κ3) is 3.19. The number of carbonyl (C=O) groups is 1. The second kappa shape index (κ2) is 4.42. The molecule has 0 radical (unpaired) electrons. The minimum absolute atomic E-state index is 0.0990. The summed E-state index contributed by atoms with van der Waals surface area (Å²) in [6.45, 7) is 6.74. The molecule has 0 aromatic rings. The topological polar surface area (TPSA) is 32.3 Å². The van der Waals surface area contributed by atoms with Crippen LogP contribution in [0.4, 0.5) is 0 Å². The lowest BCUT2D eigenvalue weighted by atomic mass is 10.0. The number of nitrogens with zero attached hydrogens (tertiary/aromatic N) is 1. The van der Waals surface area contributed by atoms with Crippen LogP contribution in [-0.2, 0) is 4.79 Å². The molecule has 3 heteroatoms. The number of hydrogen-bond donors (Lipinski definition) is 1. The first kappa shape index (κ1) is 10.3. The summed E-state index contributed by atoms with van der Waals surface area (Å²) in [6, 6.07) is 0. The summed E-state index contributed by atoms with van der Waals surface area (Å²) < 4.78 is 0. The van der Waals surface area contributed by atoms with Crippen molar-refractivity contribution in [2.24, 2.45) is 5.92 Å². The molecule has 0 aromatic carbocycles. The minimum atomic E-state index is 0.0990. The molecule has 1 aliphatic rings. The Hall–Kier alpha value is -0.830. The van der Waals surface area contributed by atoms with Crippen molar-refractivity contribution in [1.82, 2.24) is 10.2 Å². The van der Waals surface area contributed by atoms with E-state index >= 15 is 0 Å². The van der Waals surface area contributed by atoms with Crippen molar-refractivity contribution in [3.8, 4) is 0 Å². The van der Waals surface area contributed by atoms with Gasteiger partial charge in [0.25, 0.3) is 0 Å². The number of nitrogens with one attached hydrogen (secondary N) is 1. The highest BCUT2D eigenvalue weighted by atomic mass is 16.1. The average Bonchev–Trinajstić information content (AvgIpc) is 2.02. The average molecular weight is 182 g/mol. The Morgan fingerprint density at radius 2 is 2.46 bits per heavy atom. The van der Waals surface area contributed by atoms with Crippen molar-refractivity contribution in [3.63, 3.8) is 0 Å². The van der Waals surface area contributed by atoms with Crippen LogP contribution >= 0.6 is 0 Å². The molecule has 0 aliphatic carbocycles. The predicted octanol–water partition coefficient (Wildman–Crippen LogP) is 0.630. The quantitative estimate of drug-likeness (QED) is 0.635. The smallest absolute Gasteiger partial charge is 0.233 e. The van der Waals surface area contributed by atoms with E-state index in [0.29, 0.717) is 12.5 Å². The van der Waals surface area contributed by atoms with E-state index in [0.717, 1.165) is 13.1 Å². The van der Waals surface area contributed by atoms with Gasteiger partial charge in [0, 0.05) is 20.1 Å². The molecule has 0 saturated carbocycles. The summed E-state index contributed by atoms with van der Waals surface area (Å²) in [4.78, 5) is 13.3. The monoisotopic (exact) mass is 182 g/mol. The molecule has 0 saturated heterocycles. The van der Waals surface area contributed by atoms with Gasteiger partial charge in [-0.3, -0.25) is 9.69 Å². The van der Waals surface area contributed by atoms with Gasteiger partial charge in [-0.1, -0.05) is 18.6 Å². The SMILES string of the molecule is CNC(=O)CN1CC(C)=CC(C)C1. The lowest BCUT2D eigenvalue weighted by Gasteiger charge is -2.28. The Morgan fingerprint density at radius 1 is 1.77 bits per heavy atom. The molecule has 0 aromatic heterocycles. The van der Waals surface area contributed by atoms with Crippen LogP contribution in [0.25, 0.3) is 0 Å². The normalized spacial score (nSPS) is 23.9. The van der Waals surface area contributed by atoms with Crippen molar-refractivity contribution in [2.45, 2.75) is 13.8 Å². The lowest BCUT2D eigenvalue weighted by Crippen LogP contribution is -2.40. The maximum Gasteiger partial charge on any atom is 0.233 e. The lowest BCUT2D eigenvalue weighted by molar-refractivity contribution is -0.121. The fourth-order valence-electron chi connectivity index (χ4n) is 1.82. The first-order valence-electron chi connectivity index (χ1n) is 4.72. The van der Waals surface area contributed by atoms with Crippen LogP contribution in [0.3, 0.4) is 0 Å². The number of carbonyl (C=O) groups excluding carboxylic acids is 1. The molecule has 1 amide bonds. The second-order valence-corrected chi connectivity index (χ2v) is 3.83. The van der Waals surface area contributed by atoms with Crippen molar-refractivity contribution in [1.29, 1.82) is 0 Å². The first-order valence-corrected chi connectivity index (χ1v) is 4.72. The Balaban J connectivity index is 2.45. The minimum Gasteiger partial charge on any atom is -0.358 e.